The van der Waals surface area contributed by atoms with Crippen molar-refractivity contribution in [2.24, 2.45) is 17.3 Å². The first-order valence-corrected chi connectivity index (χ1v) is 6.40. The molecule has 0 amide bonds. The molecule has 2 unspecified atom stereocenters. The zero-order chi connectivity index (χ0) is 12.1. The van der Waals surface area contributed by atoms with E-state index < -0.39 is 0 Å². The molecule has 0 saturated heterocycles. The molecule has 0 rings (SSSR count). The maximum Gasteiger partial charge on any atom is 0.0563 e. The maximum absolute atomic E-state index is 9.67. The second-order valence-corrected chi connectivity index (χ2v) is 6.61. The summed E-state index contributed by atoms with van der Waals surface area (Å²) in [5, 5.41) is 9.67. The molecule has 0 aromatic carbocycles. The van der Waals surface area contributed by atoms with E-state index in [-0.39, 0.29) is 6.10 Å². The van der Waals surface area contributed by atoms with Crippen molar-refractivity contribution in [1.29, 1.82) is 0 Å². The minimum absolute atomic E-state index is 0.105. The van der Waals surface area contributed by atoms with Crippen molar-refractivity contribution < 1.29 is 5.11 Å². The highest BCUT2D eigenvalue weighted by Gasteiger charge is 2.15. The fourth-order valence-electron chi connectivity index (χ4n) is 2.16. The van der Waals surface area contributed by atoms with Gasteiger partial charge in [-0.25, -0.2) is 0 Å². The predicted octanol–water partition coefficient (Wildman–Crippen LogP) is 4.25. The van der Waals surface area contributed by atoms with E-state index in [1.807, 2.05) is 0 Å². The monoisotopic (exact) mass is 214 g/mol. The number of hydrogen-bond acceptors (Lipinski definition) is 1. The van der Waals surface area contributed by atoms with E-state index in [0.29, 0.717) is 11.3 Å². The van der Waals surface area contributed by atoms with Gasteiger partial charge >= 0.3 is 0 Å². The Morgan fingerprint density at radius 1 is 1.00 bits per heavy atom. The zero-order valence-corrected chi connectivity index (χ0v) is 11.5. The molecule has 1 heteroatoms. The Morgan fingerprint density at radius 3 is 1.93 bits per heavy atom. The molecule has 92 valence electrons. The Kier molecular flexibility index (Phi) is 6.51. The first-order chi connectivity index (χ1) is 6.72. The van der Waals surface area contributed by atoms with Gasteiger partial charge in [0.05, 0.1) is 6.10 Å². The van der Waals surface area contributed by atoms with Gasteiger partial charge in [0, 0.05) is 0 Å². The van der Waals surface area contributed by atoms with Gasteiger partial charge in [0.1, 0.15) is 0 Å². The molecule has 0 spiro atoms. The first-order valence-electron chi connectivity index (χ1n) is 6.40. The largest absolute Gasteiger partial charge is 0.393 e. The van der Waals surface area contributed by atoms with Crippen molar-refractivity contribution in [3.63, 3.8) is 0 Å². The van der Waals surface area contributed by atoms with Crippen molar-refractivity contribution in [3.05, 3.63) is 0 Å². The lowest BCUT2D eigenvalue weighted by Gasteiger charge is -2.23. The molecule has 2 atom stereocenters. The lowest BCUT2D eigenvalue weighted by molar-refractivity contribution is 0.111. The van der Waals surface area contributed by atoms with Gasteiger partial charge in [0.15, 0.2) is 0 Å². The minimum atomic E-state index is -0.105. The molecule has 0 heterocycles. The van der Waals surface area contributed by atoms with E-state index in [0.717, 1.165) is 18.8 Å². The van der Waals surface area contributed by atoms with Gasteiger partial charge in [-0.2, -0.15) is 0 Å². The Bertz CT molecular complexity index is 155. The summed E-state index contributed by atoms with van der Waals surface area (Å²) in [5.74, 6) is 1.19. The van der Waals surface area contributed by atoms with Gasteiger partial charge in [0.25, 0.3) is 0 Å². The summed E-state index contributed by atoms with van der Waals surface area (Å²) in [5.41, 5.74) is 0.441. The first kappa shape index (κ1) is 15.0. The van der Waals surface area contributed by atoms with Crippen LogP contribution in [0.15, 0.2) is 0 Å². The second kappa shape index (κ2) is 6.52. The van der Waals surface area contributed by atoms with Crippen LogP contribution in [-0.4, -0.2) is 11.2 Å². The van der Waals surface area contributed by atoms with E-state index in [4.69, 9.17) is 0 Å². The molecule has 1 N–H and O–H groups in total. The van der Waals surface area contributed by atoms with Crippen LogP contribution in [0.25, 0.3) is 0 Å². The highest BCUT2D eigenvalue weighted by molar-refractivity contribution is 4.67. The molecule has 0 aliphatic rings. The third-order valence-corrected chi connectivity index (χ3v) is 2.93. The predicted molar refractivity (Wildman–Crippen MR) is 67.9 cm³/mol. The standard InChI is InChI=1S/C14H30O/c1-11(2)13(15)9-7-8-12(3)10-14(4,5)6/h11-13,15H,7-10H2,1-6H3. The summed E-state index contributed by atoms with van der Waals surface area (Å²) < 4.78 is 0. The maximum atomic E-state index is 9.67. The van der Waals surface area contributed by atoms with E-state index >= 15 is 0 Å². The van der Waals surface area contributed by atoms with E-state index in [1.54, 1.807) is 0 Å². The number of hydrogen-bond donors (Lipinski definition) is 1. The van der Waals surface area contributed by atoms with Crippen LogP contribution in [-0.2, 0) is 0 Å². The van der Waals surface area contributed by atoms with E-state index in [1.165, 1.54) is 12.8 Å². The lowest BCUT2D eigenvalue weighted by Crippen LogP contribution is -2.15. The van der Waals surface area contributed by atoms with Gasteiger partial charge < -0.3 is 5.11 Å². The molecule has 0 bridgehead atoms. The summed E-state index contributed by atoms with van der Waals surface area (Å²) in [4.78, 5) is 0. The molecular weight excluding hydrogens is 184 g/mol. The van der Waals surface area contributed by atoms with Crippen LogP contribution in [0.1, 0.15) is 67.2 Å². The SMILES string of the molecule is CC(CCCC(O)C(C)C)CC(C)(C)C. The van der Waals surface area contributed by atoms with Crippen molar-refractivity contribution >= 4 is 0 Å². The fraction of sp³-hybridized carbons (Fsp3) is 1.00. The summed E-state index contributed by atoms with van der Waals surface area (Å²) in [7, 11) is 0. The van der Waals surface area contributed by atoms with Gasteiger partial charge in [-0.05, 0) is 30.1 Å². The third-order valence-electron chi connectivity index (χ3n) is 2.93. The van der Waals surface area contributed by atoms with Gasteiger partial charge in [-0.15, -0.1) is 0 Å². The summed E-state index contributed by atoms with van der Waals surface area (Å²) in [6, 6.07) is 0. The normalized spacial score (nSPS) is 16.8. The Balaban J connectivity index is 3.60. The van der Waals surface area contributed by atoms with Crippen molar-refractivity contribution in [2.75, 3.05) is 0 Å². The lowest BCUT2D eigenvalue weighted by atomic mass is 9.83. The summed E-state index contributed by atoms with van der Waals surface area (Å²) >= 11 is 0. The van der Waals surface area contributed by atoms with Gasteiger partial charge in [-0.3, -0.25) is 0 Å². The average molecular weight is 214 g/mol. The zero-order valence-electron chi connectivity index (χ0n) is 11.5. The number of rotatable bonds is 6. The van der Waals surface area contributed by atoms with Crippen molar-refractivity contribution in [2.45, 2.75) is 73.3 Å². The van der Waals surface area contributed by atoms with Crippen LogP contribution >= 0.6 is 0 Å². The van der Waals surface area contributed by atoms with E-state index in [2.05, 4.69) is 41.5 Å². The van der Waals surface area contributed by atoms with Crippen molar-refractivity contribution in [1.82, 2.24) is 0 Å². The van der Waals surface area contributed by atoms with Crippen LogP contribution in [0.4, 0.5) is 0 Å². The van der Waals surface area contributed by atoms with Crippen LogP contribution in [0.5, 0.6) is 0 Å². The molecule has 0 radical (unpaired) electrons. The van der Waals surface area contributed by atoms with Crippen LogP contribution in [0, 0.1) is 17.3 Å². The topological polar surface area (TPSA) is 20.2 Å². The molecule has 0 aliphatic heterocycles. The smallest absolute Gasteiger partial charge is 0.0563 e. The molecule has 0 aliphatic carbocycles. The summed E-state index contributed by atoms with van der Waals surface area (Å²) in [6.07, 6.45) is 4.56. The van der Waals surface area contributed by atoms with Gasteiger partial charge in [0.2, 0.25) is 0 Å². The number of aliphatic hydroxyl groups excluding tert-OH is 1. The molecule has 1 nitrogen and oxygen atoms in total. The average Bonchev–Trinajstić information content (AvgIpc) is 2.00. The highest BCUT2D eigenvalue weighted by atomic mass is 16.3. The number of aliphatic hydroxyl groups is 1. The summed E-state index contributed by atoms with van der Waals surface area (Å²) in [6.45, 7) is 13.4. The third kappa shape index (κ3) is 8.92. The molecule has 0 saturated carbocycles. The van der Waals surface area contributed by atoms with Crippen LogP contribution < -0.4 is 0 Å². The quantitative estimate of drug-likeness (QED) is 0.701. The fourth-order valence-corrected chi connectivity index (χ4v) is 2.16. The molecule has 15 heavy (non-hydrogen) atoms. The Labute approximate surface area is 96.3 Å². The molecule has 0 aromatic heterocycles. The van der Waals surface area contributed by atoms with Crippen LogP contribution in [0.3, 0.4) is 0 Å². The molecular formula is C14H30O. The Hall–Kier alpha value is -0.0400. The van der Waals surface area contributed by atoms with E-state index in [9.17, 15) is 5.11 Å². The van der Waals surface area contributed by atoms with Crippen molar-refractivity contribution in [3.8, 4) is 0 Å². The second-order valence-electron chi connectivity index (χ2n) is 6.61. The van der Waals surface area contributed by atoms with Crippen LogP contribution in [0.2, 0.25) is 0 Å². The van der Waals surface area contributed by atoms with Gasteiger partial charge in [-0.1, -0.05) is 54.4 Å². The molecule has 0 aromatic rings. The Morgan fingerprint density at radius 2 is 1.53 bits per heavy atom. The molecule has 0 fully saturated rings. The highest BCUT2D eigenvalue weighted by Crippen LogP contribution is 2.27. The minimum Gasteiger partial charge on any atom is -0.393 e.